The molecule has 0 atom stereocenters. The van der Waals surface area contributed by atoms with E-state index < -0.39 is 0 Å². The molecule has 0 aliphatic heterocycles. The van der Waals surface area contributed by atoms with Gasteiger partial charge in [0.25, 0.3) is 0 Å². The van der Waals surface area contributed by atoms with E-state index in [0.29, 0.717) is 25.6 Å². The number of hydrogen-bond donors (Lipinski definition) is 3. The van der Waals surface area contributed by atoms with Crippen molar-refractivity contribution in [1.29, 1.82) is 0 Å². The highest BCUT2D eigenvalue weighted by Gasteiger charge is 2.28. The Labute approximate surface area is 153 Å². The van der Waals surface area contributed by atoms with Crippen molar-refractivity contribution in [3.63, 3.8) is 0 Å². The first-order valence-electron chi connectivity index (χ1n) is 7.73. The Hall–Kier alpha value is -1.38. The zero-order chi connectivity index (χ0) is 15.8. The maximum atomic E-state index is 13.1. The van der Waals surface area contributed by atoms with Crippen LogP contribution in [0.15, 0.2) is 29.3 Å². The summed E-state index contributed by atoms with van der Waals surface area (Å²) in [7, 11) is 0. The van der Waals surface area contributed by atoms with E-state index in [-0.39, 0.29) is 41.6 Å². The lowest BCUT2D eigenvalue weighted by molar-refractivity contribution is -0.122. The Morgan fingerprint density at radius 1 is 1.26 bits per heavy atom. The van der Waals surface area contributed by atoms with Crippen LogP contribution < -0.4 is 16.0 Å². The van der Waals surface area contributed by atoms with Crippen molar-refractivity contribution >= 4 is 35.8 Å². The van der Waals surface area contributed by atoms with Gasteiger partial charge in [-0.05, 0) is 37.5 Å². The quantitative estimate of drug-likeness (QED) is 0.266. The van der Waals surface area contributed by atoms with Gasteiger partial charge in [0.15, 0.2) is 5.96 Å². The van der Waals surface area contributed by atoms with Gasteiger partial charge in [-0.3, -0.25) is 4.79 Å². The van der Waals surface area contributed by atoms with Gasteiger partial charge in [0.1, 0.15) is 5.82 Å². The van der Waals surface area contributed by atoms with Crippen molar-refractivity contribution in [2.75, 3.05) is 19.6 Å². The SMILES string of the molecule is CCNC(=NCc1cccc(F)c1)NCCNC(=O)C1CC1.I. The maximum Gasteiger partial charge on any atom is 0.223 e. The van der Waals surface area contributed by atoms with Crippen molar-refractivity contribution < 1.29 is 9.18 Å². The molecule has 1 aromatic rings. The molecule has 0 spiro atoms. The van der Waals surface area contributed by atoms with E-state index in [4.69, 9.17) is 0 Å². The average Bonchev–Trinajstić information content (AvgIpc) is 3.33. The van der Waals surface area contributed by atoms with Gasteiger partial charge >= 0.3 is 0 Å². The predicted molar refractivity (Wildman–Crippen MR) is 100 cm³/mol. The summed E-state index contributed by atoms with van der Waals surface area (Å²) in [6.07, 6.45) is 2.02. The molecule has 0 unspecified atom stereocenters. The van der Waals surface area contributed by atoms with Crippen LogP contribution in [0.1, 0.15) is 25.3 Å². The van der Waals surface area contributed by atoms with Gasteiger partial charge < -0.3 is 16.0 Å². The molecule has 1 amide bonds. The fourth-order valence-corrected chi connectivity index (χ4v) is 2.00. The van der Waals surface area contributed by atoms with Crippen LogP contribution in [-0.4, -0.2) is 31.5 Å². The Morgan fingerprint density at radius 2 is 2.00 bits per heavy atom. The Bertz CT molecular complexity index is 535. The van der Waals surface area contributed by atoms with Gasteiger partial charge in [0, 0.05) is 25.6 Å². The van der Waals surface area contributed by atoms with Crippen LogP contribution in [0.25, 0.3) is 0 Å². The fraction of sp³-hybridized carbons (Fsp3) is 0.500. The molecule has 128 valence electrons. The molecule has 3 N–H and O–H groups in total. The maximum absolute atomic E-state index is 13.1. The third kappa shape index (κ3) is 7.62. The lowest BCUT2D eigenvalue weighted by Crippen LogP contribution is -2.41. The van der Waals surface area contributed by atoms with E-state index in [9.17, 15) is 9.18 Å². The number of nitrogens with one attached hydrogen (secondary N) is 3. The van der Waals surface area contributed by atoms with Crippen LogP contribution >= 0.6 is 24.0 Å². The number of amides is 1. The minimum atomic E-state index is -0.256. The van der Waals surface area contributed by atoms with Crippen molar-refractivity contribution in [2.24, 2.45) is 10.9 Å². The highest BCUT2D eigenvalue weighted by atomic mass is 127. The summed E-state index contributed by atoms with van der Waals surface area (Å²) in [6, 6.07) is 6.40. The number of benzene rings is 1. The topological polar surface area (TPSA) is 65.5 Å². The van der Waals surface area contributed by atoms with Crippen LogP contribution in [0.5, 0.6) is 0 Å². The minimum Gasteiger partial charge on any atom is -0.357 e. The first kappa shape index (κ1) is 19.7. The van der Waals surface area contributed by atoms with Crippen LogP contribution in [-0.2, 0) is 11.3 Å². The molecular formula is C16H24FIN4O. The molecule has 0 aromatic heterocycles. The molecule has 1 fully saturated rings. The normalized spacial score (nSPS) is 13.9. The van der Waals surface area contributed by atoms with Crippen molar-refractivity contribution in [2.45, 2.75) is 26.3 Å². The Balaban J connectivity index is 0.00000264. The first-order valence-corrected chi connectivity index (χ1v) is 7.73. The van der Waals surface area contributed by atoms with Gasteiger partial charge in [-0.15, -0.1) is 24.0 Å². The highest BCUT2D eigenvalue weighted by molar-refractivity contribution is 14.0. The zero-order valence-corrected chi connectivity index (χ0v) is 15.6. The molecule has 23 heavy (non-hydrogen) atoms. The van der Waals surface area contributed by atoms with E-state index in [2.05, 4.69) is 20.9 Å². The zero-order valence-electron chi connectivity index (χ0n) is 13.3. The summed E-state index contributed by atoms with van der Waals surface area (Å²) in [4.78, 5) is 15.9. The molecule has 0 radical (unpaired) electrons. The standard InChI is InChI=1S/C16H23FN4O.HI/c1-2-18-16(20-9-8-19-15(22)13-6-7-13)21-11-12-4-3-5-14(17)10-12;/h3-5,10,13H,2,6-9,11H2,1H3,(H,19,22)(H2,18,20,21);1H. The number of nitrogens with zero attached hydrogens (tertiary/aromatic N) is 1. The fourth-order valence-electron chi connectivity index (χ4n) is 2.00. The van der Waals surface area contributed by atoms with E-state index >= 15 is 0 Å². The molecule has 1 aliphatic carbocycles. The van der Waals surface area contributed by atoms with E-state index in [0.717, 1.165) is 24.9 Å². The third-order valence-electron chi connectivity index (χ3n) is 3.32. The van der Waals surface area contributed by atoms with Crippen molar-refractivity contribution in [3.8, 4) is 0 Å². The van der Waals surface area contributed by atoms with Gasteiger partial charge in [-0.2, -0.15) is 0 Å². The summed E-state index contributed by atoms with van der Waals surface area (Å²) in [5, 5.41) is 9.16. The number of aliphatic imine (C=N–C) groups is 1. The molecule has 0 saturated heterocycles. The summed E-state index contributed by atoms with van der Waals surface area (Å²) >= 11 is 0. The van der Waals surface area contributed by atoms with Gasteiger partial charge in [-0.25, -0.2) is 9.38 Å². The first-order chi connectivity index (χ1) is 10.7. The largest absolute Gasteiger partial charge is 0.357 e. The second-order valence-corrected chi connectivity index (χ2v) is 5.32. The predicted octanol–water partition coefficient (Wildman–Crippen LogP) is 2.03. The average molecular weight is 434 g/mol. The number of carbonyl (C=O) groups is 1. The minimum absolute atomic E-state index is 0. The number of guanidine groups is 1. The molecule has 1 aliphatic rings. The highest BCUT2D eigenvalue weighted by Crippen LogP contribution is 2.28. The number of halogens is 2. The molecule has 0 bridgehead atoms. The van der Waals surface area contributed by atoms with Gasteiger partial charge in [-0.1, -0.05) is 12.1 Å². The lowest BCUT2D eigenvalue weighted by Gasteiger charge is -2.11. The number of hydrogen-bond acceptors (Lipinski definition) is 2. The summed E-state index contributed by atoms with van der Waals surface area (Å²) < 4.78 is 13.1. The third-order valence-corrected chi connectivity index (χ3v) is 3.32. The van der Waals surface area contributed by atoms with Gasteiger partial charge in [0.2, 0.25) is 5.91 Å². The van der Waals surface area contributed by atoms with Crippen molar-refractivity contribution in [1.82, 2.24) is 16.0 Å². The van der Waals surface area contributed by atoms with Crippen LogP contribution in [0.4, 0.5) is 4.39 Å². The molecule has 7 heteroatoms. The van der Waals surface area contributed by atoms with Crippen LogP contribution in [0, 0.1) is 11.7 Å². The monoisotopic (exact) mass is 434 g/mol. The molecular weight excluding hydrogens is 410 g/mol. The van der Waals surface area contributed by atoms with Crippen molar-refractivity contribution in [3.05, 3.63) is 35.6 Å². The summed E-state index contributed by atoms with van der Waals surface area (Å²) in [5.74, 6) is 0.777. The van der Waals surface area contributed by atoms with Crippen LogP contribution in [0.2, 0.25) is 0 Å². The van der Waals surface area contributed by atoms with Crippen LogP contribution in [0.3, 0.4) is 0 Å². The van der Waals surface area contributed by atoms with E-state index in [1.165, 1.54) is 12.1 Å². The van der Waals surface area contributed by atoms with E-state index in [1.54, 1.807) is 6.07 Å². The summed E-state index contributed by atoms with van der Waals surface area (Å²) in [6.45, 7) is 4.30. The van der Waals surface area contributed by atoms with Gasteiger partial charge in [0.05, 0.1) is 6.54 Å². The Kier molecular flexibility index (Phi) is 8.90. The molecule has 1 saturated carbocycles. The molecule has 5 nitrogen and oxygen atoms in total. The molecule has 1 aromatic carbocycles. The second-order valence-electron chi connectivity index (χ2n) is 5.32. The number of rotatable bonds is 7. The Morgan fingerprint density at radius 3 is 2.65 bits per heavy atom. The second kappa shape index (κ2) is 10.4. The smallest absolute Gasteiger partial charge is 0.223 e. The number of carbonyl (C=O) groups excluding carboxylic acids is 1. The molecule has 0 heterocycles. The van der Waals surface area contributed by atoms with E-state index in [1.807, 2.05) is 13.0 Å². The molecule has 2 rings (SSSR count). The lowest BCUT2D eigenvalue weighted by atomic mass is 10.2. The summed E-state index contributed by atoms with van der Waals surface area (Å²) in [5.41, 5.74) is 0.819.